The second kappa shape index (κ2) is 6.45. The maximum Gasteiger partial charge on any atom is 0.416 e. The fourth-order valence-electron chi connectivity index (χ4n) is 2.14. The van der Waals surface area contributed by atoms with Gasteiger partial charge in [0.05, 0.1) is 5.56 Å². The molecule has 0 bridgehead atoms. The number of piperazine rings is 1. The van der Waals surface area contributed by atoms with Gasteiger partial charge in [-0.15, -0.1) is 12.4 Å². The summed E-state index contributed by atoms with van der Waals surface area (Å²) in [6.45, 7) is 3.70. The minimum atomic E-state index is -4.43. The molecule has 1 aliphatic heterocycles. The second-order valence-electron chi connectivity index (χ2n) is 4.63. The first-order chi connectivity index (χ1) is 8.89. The van der Waals surface area contributed by atoms with E-state index in [2.05, 4.69) is 5.32 Å². The molecule has 0 aromatic heterocycles. The number of halogens is 4. The van der Waals surface area contributed by atoms with Gasteiger partial charge in [0, 0.05) is 31.2 Å². The molecule has 1 fully saturated rings. The number of nitrogens with one attached hydrogen (secondary N) is 1. The largest absolute Gasteiger partial charge is 0.416 e. The first-order valence-corrected chi connectivity index (χ1v) is 6.08. The van der Waals surface area contributed by atoms with Crippen LogP contribution in [0.5, 0.6) is 0 Å². The van der Waals surface area contributed by atoms with Crippen LogP contribution in [0.4, 0.5) is 13.2 Å². The predicted octanol–water partition coefficient (Wildman–Crippen LogP) is 2.56. The van der Waals surface area contributed by atoms with Gasteiger partial charge in [-0.1, -0.05) is 6.07 Å². The minimum Gasteiger partial charge on any atom is -0.333 e. The molecule has 1 amide bonds. The molecule has 20 heavy (non-hydrogen) atoms. The Bertz CT molecular complexity index is 479. The van der Waals surface area contributed by atoms with Gasteiger partial charge in [0.1, 0.15) is 0 Å². The lowest BCUT2D eigenvalue weighted by Gasteiger charge is -2.34. The van der Waals surface area contributed by atoms with Gasteiger partial charge in [-0.25, -0.2) is 0 Å². The van der Waals surface area contributed by atoms with Gasteiger partial charge in [0.2, 0.25) is 0 Å². The molecule has 112 valence electrons. The second-order valence-corrected chi connectivity index (χ2v) is 4.63. The van der Waals surface area contributed by atoms with E-state index < -0.39 is 11.7 Å². The molecule has 0 unspecified atom stereocenters. The SMILES string of the molecule is C[C@@H]1CNCCN1C(=O)c1cccc(C(F)(F)F)c1.Cl. The van der Waals surface area contributed by atoms with Gasteiger partial charge >= 0.3 is 6.18 Å². The van der Waals surface area contributed by atoms with Crippen LogP contribution in [-0.2, 0) is 6.18 Å². The molecular weight excluding hydrogens is 293 g/mol. The zero-order chi connectivity index (χ0) is 14.0. The molecular formula is C13H16ClF3N2O. The Hall–Kier alpha value is -1.27. The van der Waals surface area contributed by atoms with Gasteiger partial charge < -0.3 is 10.2 Å². The smallest absolute Gasteiger partial charge is 0.333 e. The summed E-state index contributed by atoms with van der Waals surface area (Å²) in [5, 5.41) is 3.13. The number of alkyl halides is 3. The summed E-state index contributed by atoms with van der Waals surface area (Å²) in [5.74, 6) is -0.347. The number of amides is 1. The highest BCUT2D eigenvalue weighted by Gasteiger charge is 2.32. The lowest BCUT2D eigenvalue weighted by Crippen LogP contribution is -2.52. The van der Waals surface area contributed by atoms with Crippen LogP contribution in [0.2, 0.25) is 0 Å². The third kappa shape index (κ3) is 3.64. The third-order valence-electron chi connectivity index (χ3n) is 3.20. The number of hydrogen-bond donors (Lipinski definition) is 1. The van der Waals surface area contributed by atoms with E-state index >= 15 is 0 Å². The van der Waals surface area contributed by atoms with Crippen LogP contribution in [0.1, 0.15) is 22.8 Å². The van der Waals surface area contributed by atoms with E-state index in [1.54, 1.807) is 4.90 Å². The standard InChI is InChI=1S/C13H15F3N2O.ClH/c1-9-8-17-5-6-18(9)12(19)10-3-2-4-11(7-10)13(14,15)16;/h2-4,7,9,17H,5-6,8H2,1H3;1H/t9-;/m1./s1. The highest BCUT2D eigenvalue weighted by atomic mass is 35.5. The van der Waals surface area contributed by atoms with Crippen molar-refractivity contribution in [2.24, 2.45) is 0 Å². The molecule has 3 nitrogen and oxygen atoms in total. The van der Waals surface area contributed by atoms with Crippen molar-refractivity contribution < 1.29 is 18.0 Å². The zero-order valence-corrected chi connectivity index (χ0v) is 11.7. The van der Waals surface area contributed by atoms with Gasteiger partial charge in [-0.3, -0.25) is 4.79 Å². The van der Waals surface area contributed by atoms with Crippen molar-refractivity contribution in [1.82, 2.24) is 10.2 Å². The van der Waals surface area contributed by atoms with E-state index in [0.29, 0.717) is 19.6 Å². The average molecular weight is 309 g/mol. The van der Waals surface area contributed by atoms with Crippen molar-refractivity contribution in [1.29, 1.82) is 0 Å². The third-order valence-corrected chi connectivity index (χ3v) is 3.20. The van der Waals surface area contributed by atoms with Gasteiger partial charge in [-0.05, 0) is 25.1 Å². The van der Waals surface area contributed by atoms with Crippen molar-refractivity contribution in [3.8, 4) is 0 Å². The summed E-state index contributed by atoms with van der Waals surface area (Å²) in [7, 11) is 0. The Morgan fingerprint density at radius 3 is 2.70 bits per heavy atom. The summed E-state index contributed by atoms with van der Waals surface area (Å²) in [6, 6.07) is 4.56. The van der Waals surface area contributed by atoms with Crippen LogP contribution in [0.25, 0.3) is 0 Å². The summed E-state index contributed by atoms with van der Waals surface area (Å²) < 4.78 is 37.8. The van der Waals surface area contributed by atoms with Crippen LogP contribution in [-0.4, -0.2) is 36.5 Å². The van der Waals surface area contributed by atoms with Gasteiger partial charge in [0.15, 0.2) is 0 Å². The first-order valence-electron chi connectivity index (χ1n) is 6.08. The molecule has 1 heterocycles. The highest BCUT2D eigenvalue weighted by molar-refractivity contribution is 5.94. The predicted molar refractivity (Wildman–Crippen MR) is 72.1 cm³/mol. The molecule has 2 rings (SSSR count). The summed E-state index contributed by atoms with van der Waals surface area (Å²) in [5.41, 5.74) is -0.704. The van der Waals surface area contributed by atoms with E-state index in [0.717, 1.165) is 12.1 Å². The molecule has 0 spiro atoms. The van der Waals surface area contributed by atoms with Crippen LogP contribution >= 0.6 is 12.4 Å². The molecule has 1 saturated heterocycles. The fourth-order valence-corrected chi connectivity index (χ4v) is 2.14. The maximum atomic E-state index is 12.6. The van der Waals surface area contributed by atoms with E-state index in [-0.39, 0.29) is 29.9 Å². The van der Waals surface area contributed by atoms with E-state index in [1.807, 2.05) is 6.92 Å². The van der Waals surface area contributed by atoms with Crippen molar-refractivity contribution in [2.75, 3.05) is 19.6 Å². The van der Waals surface area contributed by atoms with Gasteiger partial charge in [0.25, 0.3) is 5.91 Å². The summed E-state index contributed by atoms with van der Waals surface area (Å²) in [4.78, 5) is 13.8. The molecule has 7 heteroatoms. The Kier molecular flexibility index (Phi) is 5.42. The molecule has 1 atom stereocenters. The van der Waals surface area contributed by atoms with E-state index in [9.17, 15) is 18.0 Å². The molecule has 0 aliphatic carbocycles. The number of rotatable bonds is 1. The Balaban J connectivity index is 0.00000200. The molecule has 1 aliphatic rings. The van der Waals surface area contributed by atoms with Crippen molar-refractivity contribution in [3.05, 3.63) is 35.4 Å². The first kappa shape index (κ1) is 16.8. The Labute approximate surface area is 121 Å². The number of nitrogens with zero attached hydrogens (tertiary/aromatic N) is 1. The number of hydrogen-bond acceptors (Lipinski definition) is 2. The van der Waals surface area contributed by atoms with Crippen molar-refractivity contribution in [3.63, 3.8) is 0 Å². The summed E-state index contributed by atoms with van der Waals surface area (Å²) in [6.07, 6.45) is -4.43. The molecule has 1 aromatic rings. The normalized spacial score (nSPS) is 19.4. The monoisotopic (exact) mass is 308 g/mol. The fraction of sp³-hybridized carbons (Fsp3) is 0.462. The van der Waals surface area contributed by atoms with Crippen molar-refractivity contribution in [2.45, 2.75) is 19.1 Å². The summed E-state index contributed by atoms with van der Waals surface area (Å²) >= 11 is 0. The molecule has 1 aromatic carbocycles. The topological polar surface area (TPSA) is 32.3 Å². The van der Waals surface area contributed by atoms with Crippen LogP contribution < -0.4 is 5.32 Å². The lowest BCUT2D eigenvalue weighted by molar-refractivity contribution is -0.137. The highest BCUT2D eigenvalue weighted by Crippen LogP contribution is 2.29. The molecule has 0 radical (unpaired) electrons. The Morgan fingerprint density at radius 1 is 1.40 bits per heavy atom. The quantitative estimate of drug-likeness (QED) is 0.865. The minimum absolute atomic E-state index is 0. The van der Waals surface area contributed by atoms with Crippen LogP contribution in [0.3, 0.4) is 0 Å². The van der Waals surface area contributed by atoms with Crippen LogP contribution in [0.15, 0.2) is 24.3 Å². The lowest BCUT2D eigenvalue weighted by atomic mass is 10.1. The van der Waals surface area contributed by atoms with E-state index in [1.165, 1.54) is 12.1 Å². The molecule has 1 N–H and O–H groups in total. The number of benzene rings is 1. The zero-order valence-electron chi connectivity index (χ0n) is 10.9. The number of carbonyl (C=O) groups is 1. The van der Waals surface area contributed by atoms with Crippen LogP contribution in [0, 0.1) is 0 Å². The van der Waals surface area contributed by atoms with Crippen molar-refractivity contribution >= 4 is 18.3 Å². The van der Waals surface area contributed by atoms with Gasteiger partial charge in [-0.2, -0.15) is 13.2 Å². The average Bonchev–Trinajstić information content (AvgIpc) is 2.38. The molecule has 0 saturated carbocycles. The van der Waals surface area contributed by atoms with E-state index in [4.69, 9.17) is 0 Å². The Morgan fingerprint density at radius 2 is 2.10 bits per heavy atom. The maximum absolute atomic E-state index is 12.6. The number of carbonyl (C=O) groups excluding carboxylic acids is 1.